The summed E-state index contributed by atoms with van der Waals surface area (Å²) in [6.07, 6.45) is 4.39. The zero-order valence-corrected chi connectivity index (χ0v) is 15.9. The van der Waals surface area contributed by atoms with Gasteiger partial charge in [-0.2, -0.15) is 0 Å². The molecule has 144 valence electrons. The fourth-order valence-corrected chi connectivity index (χ4v) is 4.56. The maximum Gasteiger partial charge on any atom is 0.251 e. The maximum atomic E-state index is 12.2. The van der Waals surface area contributed by atoms with E-state index in [1.54, 1.807) is 24.5 Å². The first-order valence-electron chi connectivity index (χ1n) is 10.0. The third kappa shape index (κ3) is 3.30. The molecule has 2 aliphatic rings. The van der Waals surface area contributed by atoms with Crippen LogP contribution in [0, 0.1) is 0 Å². The van der Waals surface area contributed by atoms with Crippen LogP contribution >= 0.6 is 0 Å². The Morgan fingerprint density at radius 3 is 2.93 bits per heavy atom. The van der Waals surface area contributed by atoms with E-state index in [0.717, 1.165) is 39.1 Å². The van der Waals surface area contributed by atoms with Crippen LogP contribution in [-0.2, 0) is 13.0 Å². The molecule has 0 radical (unpaired) electrons. The van der Waals surface area contributed by atoms with E-state index < -0.39 is 0 Å². The molecule has 1 amide bonds. The predicted molar refractivity (Wildman–Crippen MR) is 109 cm³/mol. The van der Waals surface area contributed by atoms with Crippen LogP contribution in [0.4, 0.5) is 0 Å². The van der Waals surface area contributed by atoms with Gasteiger partial charge < -0.3 is 10.3 Å². The van der Waals surface area contributed by atoms with Crippen LogP contribution in [0.3, 0.4) is 0 Å². The Bertz CT molecular complexity index is 983. The first kappa shape index (κ1) is 17.4. The standard InChI is InChI=1S/C22H25N5O/c28-22(16-5-7-23-8-6-16)24-9-10-26-11-12-27-15-21-19(13-17(27)14-26)18-3-1-2-4-20(18)25-21/h1-8,17,25H,9-15H2,(H,24,28). The van der Waals surface area contributed by atoms with E-state index in [4.69, 9.17) is 0 Å². The van der Waals surface area contributed by atoms with E-state index in [1.165, 1.54) is 22.2 Å². The second-order valence-corrected chi connectivity index (χ2v) is 7.75. The second-order valence-electron chi connectivity index (χ2n) is 7.75. The number of benzene rings is 1. The second kappa shape index (κ2) is 7.37. The fraction of sp³-hybridized carbons (Fsp3) is 0.364. The molecule has 2 aliphatic heterocycles. The smallest absolute Gasteiger partial charge is 0.251 e. The highest BCUT2D eigenvalue weighted by Gasteiger charge is 2.32. The van der Waals surface area contributed by atoms with Crippen molar-refractivity contribution in [1.82, 2.24) is 25.1 Å². The molecule has 5 rings (SSSR count). The number of rotatable bonds is 4. The van der Waals surface area contributed by atoms with Crippen molar-refractivity contribution in [2.45, 2.75) is 19.0 Å². The number of nitrogens with zero attached hydrogens (tertiary/aromatic N) is 3. The monoisotopic (exact) mass is 375 g/mol. The third-order valence-electron chi connectivity index (χ3n) is 6.05. The van der Waals surface area contributed by atoms with Crippen molar-refractivity contribution in [1.29, 1.82) is 0 Å². The summed E-state index contributed by atoms with van der Waals surface area (Å²) >= 11 is 0. The van der Waals surface area contributed by atoms with E-state index in [2.05, 4.69) is 49.4 Å². The predicted octanol–water partition coefficient (Wildman–Crippen LogP) is 2.04. The quantitative estimate of drug-likeness (QED) is 0.733. The Hall–Kier alpha value is -2.70. The lowest BCUT2D eigenvalue weighted by atomic mass is 9.95. The first-order valence-corrected chi connectivity index (χ1v) is 10.0. The zero-order chi connectivity index (χ0) is 18.9. The largest absolute Gasteiger partial charge is 0.357 e. The van der Waals surface area contributed by atoms with E-state index >= 15 is 0 Å². The summed E-state index contributed by atoms with van der Waals surface area (Å²) in [5, 5.41) is 4.40. The van der Waals surface area contributed by atoms with Gasteiger partial charge in [0.05, 0.1) is 0 Å². The van der Waals surface area contributed by atoms with E-state index in [-0.39, 0.29) is 5.91 Å². The average molecular weight is 375 g/mol. The number of hydrogen-bond acceptors (Lipinski definition) is 4. The Labute approximate surface area is 164 Å². The highest BCUT2D eigenvalue weighted by atomic mass is 16.1. The van der Waals surface area contributed by atoms with Gasteiger partial charge in [0.1, 0.15) is 0 Å². The molecular weight excluding hydrogens is 350 g/mol. The number of para-hydroxylation sites is 1. The minimum absolute atomic E-state index is 0.0258. The molecule has 1 saturated heterocycles. The molecule has 1 unspecified atom stereocenters. The lowest BCUT2D eigenvalue weighted by molar-refractivity contribution is 0.0600. The number of hydrogen-bond donors (Lipinski definition) is 2. The molecule has 0 bridgehead atoms. The summed E-state index contributed by atoms with van der Waals surface area (Å²) < 4.78 is 0. The molecule has 2 N–H and O–H groups in total. The number of aromatic amines is 1. The van der Waals surface area contributed by atoms with E-state index in [0.29, 0.717) is 18.2 Å². The van der Waals surface area contributed by atoms with Gasteiger partial charge in [-0.15, -0.1) is 0 Å². The Kier molecular flexibility index (Phi) is 4.58. The normalized spacial score (nSPS) is 19.9. The van der Waals surface area contributed by atoms with Gasteiger partial charge in [0.15, 0.2) is 0 Å². The van der Waals surface area contributed by atoms with Crippen molar-refractivity contribution in [3.05, 3.63) is 65.6 Å². The summed E-state index contributed by atoms with van der Waals surface area (Å²) in [7, 11) is 0. The summed E-state index contributed by atoms with van der Waals surface area (Å²) in [6.45, 7) is 5.77. The van der Waals surface area contributed by atoms with Gasteiger partial charge in [-0.05, 0) is 30.2 Å². The zero-order valence-electron chi connectivity index (χ0n) is 15.9. The number of amides is 1. The summed E-state index contributed by atoms with van der Waals surface area (Å²) in [6, 6.07) is 12.7. The van der Waals surface area contributed by atoms with E-state index in [9.17, 15) is 4.79 Å². The van der Waals surface area contributed by atoms with Crippen LogP contribution in [0.25, 0.3) is 10.9 Å². The van der Waals surface area contributed by atoms with Crippen molar-refractivity contribution in [3.8, 4) is 0 Å². The number of piperazine rings is 1. The lowest BCUT2D eigenvalue weighted by Crippen LogP contribution is -2.56. The minimum atomic E-state index is -0.0258. The molecule has 28 heavy (non-hydrogen) atoms. The highest BCUT2D eigenvalue weighted by molar-refractivity contribution is 5.93. The molecular formula is C22H25N5O. The van der Waals surface area contributed by atoms with Crippen LogP contribution in [0.15, 0.2) is 48.8 Å². The molecule has 1 atom stereocenters. The molecule has 6 nitrogen and oxygen atoms in total. The molecule has 6 heteroatoms. The number of pyridine rings is 1. The number of carbonyl (C=O) groups excluding carboxylic acids is 1. The van der Waals surface area contributed by atoms with Gasteiger partial charge in [-0.25, -0.2) is 0 Å². The number of fused-ring (bicyclic) bond motifs is 4. The number of carbonyl (C=O) groups is 1. The van der Waals surface area contributed by atoms with Gasteiger partial charge in [0.2, 0.25) is 0 Å². The maximum absolute atomic E-state index is 12.2. The average Bonchev–Trinajstić information content (AvgIpc) is 3.10. The van der Waals surface area contributed by atoms with Crippen LogP contribution in [0.1, 0.15) is 21.6 Å². The number of nitrogens with one attached hydrogen (secondary N) is 2. The van der Waals surface area contributed by atoms with Gasteiger partial charge >= 0.3 is 0 Å². The molecule has 0 aliphatic carbocycles. The summed E-state index contributed by atoms with van der Waals surface area (Å²) in [5.41, 5.74) is 4.79. The van der Waals surface area contributed by atoms with Crippen LogP contribution in [0.2, 0.25) is 0 Å². The van der Waals surface area contributed by atoms with E-state index in [1.807, 2.05) is 0 Å². The molecule has 3 aromatic rings. The Morgan fingerprint density at radius 2 is 2.04 bits per heavy atom. The molecule has 4 heterocycles. The van der Waals surface area contributed by atoms with Crippen LogP contribution < -0.4 is 5.32 Å². The van der Waals surface area contributed by atoms with Gasteiger partial charge in [-0.3, -0.25) is 19.6 Å². The molecule has 1 aromatic carbocycles. The molecule has 2 aromatic heterocycles. The van der Waals surface area contributed by atoms with Crippen molar-refractivity contribution in [2.24, 2.45) is 0 Å². The molecule has 1 fully saturated rings. The van der Waals surface area contributed by atoms with Gasteiger partial charge in [-0.1, -0.05) is 18.2 Å². The molecule has 0 spiro atoms. The fourth-order valence-electron chi connectivity index (χ4n) is 4.56. The number of H-pyrrole nitrogens is 1. The topological polar surface area (TPSA) is 64.3 Å². The van der Waals surface area contributed by atoms with Gasteiger partial charge in [0, 0.05) is 79.9 Å². The van der Waals surface area contributed by atoms with Crippen LogP contribution in [0.5, 0.6) is 0 Å². The SMILES string of the molecule is O=C(NCCN1CCN2Cc3[nH]c4ccccc4c3CC2C1)c1ccncc1. The minimum Gasteiger partial charge on any atom is -0.357 e. The Balaban J connectivity index is 1.19. The lowest BCUT2D eigenvalue weighted by Gasteiger charge is -2.44. The number of aromatic nitrogens is 2. The van der Waals surface area contributed by atoms with Crippen molar-refractivity contribution in [2.75, 3.05) is 32.7 Å². The van der Waals surface area contributed by atoms with Gasteiger partial charge in [0.25, 0.3) is 5.91 Å². The van der Waals surface area contributed by atoms with Crippen molar-refractivity contribution < 1.29 is 4.79 Å². The van der Waals surface area contributed by atoms with Crippen molar-refractivity contribution >= 4 is 16.8 Å². The van der Waals surface area contributed by atoms with Crippen molar-refractivity contribution in [3.63, 3.8) is 0 Å². The Morgan fingerprint density at radius 1 is 1.18 bits per heavy atom. The first-order chi connectivity index (χ1) is 13.8. The molecule has 0 saturated carbocycles. The summed E-state index contributed by atoms with van der Waals surface area (Å²) in [5.74, 6) is -0.0258. The highest BCUT2D eigenvalue weighted by Crippen LogP contribution is 2.31. The third-order valence-corrected chi connectivity index (χ3v) is 6.05. The van der Waals surface area contributed by atoms with Crippen LogP contribution in [-0.4, -0.2) is 64.4 Å². The summed E-state index contributed by atoms with van der Waals surface area (Å²) in [4.78, 5) is 24.8.